The predicted molar refractivity (Wildman–Crippen MR) is 93.9 cm³/mol. The van der Waals surface area contributed by atoms with Crippen molar-refractivity contribution in [3.8, 4) is 17.2 Å². The molecule has 1 atom stereocenters. The molecule has 0 saturated heterocycles. The smallest absolute Gasteiger partial charge is 0.128 e. The predicted octanol–water partition coefficient (Wildman–Crippen LogP) is 4.00. The highest BCUT2D eigenvalue weighted by atomic mass is 16.1. The molecule has 0 saturated carbocycles. The van der Waals surface area contributed by atoms with Gasteiger partial charge in [0.2, 0.25) is 0 Å². The van der Waals surface area contributed by atoms with E-state index >= 15 is 0 Å². The van der Waals surface area contributed by atoms with Gasteiger partial charge in [-0.3, -0.25) is 0 Å². The number of allylic oxidation sites excluding steroid dienone is 1. The van der Waals surface area contributed by atoms with Gasteiger partial charge in [0.05, 0.1) is 17.6 Å². The van der Waals surface area contributed by atoms with Gasteiger partial charge in [0.25, 0.3) is 0 Å². The van der Waals surface area contributed by atoms with Crippen LogP contribution in [-0.2, 0) is 16.0 Å². The van der Waals surface area contributed by atoms with Crippen molar-refractivity contribution in [1.82, 2.24) is 0 Å². The summed E-state index contributed by atoms with van der Waals surface area (Å²) in [6, 6.07) is 17.4. The Balaban J connectivity index is 2.18. The van der Waals surface area contributed by atoms with Crippen LogP contribution in [-0.4, -0.2) is 12.2 Å². The lowest BCUT2D eigenvalue weighted by Gasteiger charge is -2.15. The molecule has 0 fully saturated rings. The molecule has 0 heterocycles. The number of rotatable bonds is 6. The molecule has 1 unspecified atom stereocenters. The van der Waals surface area contributed by atoms with Crippen LogP contribution in [0.2, 0.25) is 0 Å². The van der Waals surface area contributed by atoms with Crippen molar-refractivity contribution in [3.05, 3.63) is 65.2 Å². The van der Waals surface area contributed by atoms with E-state index in [1.54, 1.807) is 12.1 Å². The summed E-state index contributed by atoms with van der Waals surface area (Å²) in [5.41, 5.74) is 4.22. The standard InChI is InChI=1S/C21H19NO2/c1-15(2)21(14-24)20(13-23)11-16-3-7-18(8-4-16)19-9-5-17(12-22)6-10-19/h3-10,13,15,20H,11H2,1-2H3. The molecule has 0 spiro atoms. The van der Waals surface area contributed by atoms with E-state index in [2.05, 4.69) is 6.07 Å². The van der Waals surface area contributed by atoms with Gasteiger partial charge >= 0.3 is 0 Å². The van der Waals surface area contributed by atoms with Crippen molar-refractivity contribution < 1.29 is 9.59 Å². The SMILES string of the molecule is CC(C)C(=C=O)C(C=O)Cc1ccc(-c2ccc(C#N)cc2)cc1. The minimum Gasteiger partial charge on any atom is -0.303 e. The molecule has 0 bridgehead atoms. The number of hydrogen-bond donors (Lipinski definition) is 0. The molecule has 2 rings (SSSR count). The minimum atomic E-state index is -0.428. The van der Waals surface area contributed by atoms with Crippen LogP contribution in [0.1, 0.15) is 25.0 Å². The zero-order valence-electron chi connectivity index (χ0n) is 13.8. The Morgan fingerprint density at radius 1 is 1.04 bits per heavy atom. The summed E-state index contributed by atoms with van der Waals surface area (Å²) in [6.45, 7) is 3.79. The van der Waals surface area contributed by atoms with E-state index in [0.29, 0.717) is 17.6 Å². The maximum absolute atomic E-state index is 11.3. The van der Waals surface area contributed by atoms with Crippen LogP contribution in [0.25, 0.3) is 11.1 Å². The zero-order chi connectivity index (χ0) is 17.5. The first-order valence-electron chi connectivity index (χ1n) is 7.88. The normalized spacial score (nSPS) is 11.4. The highest BCUT2D eigenvalue weighted by molar-refractivity contribution is 5.69. The van der Waals surface area contributed by atoms with Gasteiger partial charge in [-0.2, -0.15) is 5.26 Å². The Morgan fingerprint density at radius 3 is 2.00 bits per heavy atom. The average molecular weight is 317 g/mol. The molecule has 0 N–H and O–H groups in total. The molecule has 0 aliphatic rings. The summed E-state index contributed by atoms with van der Waals surface area (Å²) >= 11 is 0. The molecule has 2 aromatic carbocycles. The van der Waals surface area contributed by atoms with Crippen molar-refractivity contribution in [2.45, 2.75) is 20.3 Å². The van der Waals surface area contributed by atoms with Crippen molar-refractivity contribution in [1.29, 1.82) is 5.26 Å². The Hall–Kier alpha value is -2.95. The van der Waals surface area contributed by atoms with Crippen LogP contribution in [0.15, 0.2) is 54.1 Å². The molecule has 3 nitrogen and oxygen atoms in total. The van der Waals surface area contributed by atoms with Gasteiger partial charge < -0.3 is 4.79 Å². The first-order valence-corrected chi connectivity index (χ1v) is 7.88. The van der Waals surface area contributed by atoms with Crippen LogP contribution in [0, 0.1) is 23.2 Å². The molecule has 0 aromatic heterocycles. The summed E-state index contributed by atoms with van der Waals surface area (Å²) in [5, 5.41) is 8.84. The molecule has 0 aliphatic carbocycles. The Kier molecular flexibility index (Phi) is 5.84. The topological polar surface area (TPSA) is 57.9 Å². The van der Waals surface area contributed by atoms with Crippen molar-refractivity contribution >= 4 is 12.2 Å². The van der Waals surface area contributed by atoms with Crippen molar-refractivity contribution in [2.24, 2.45) is 11.8 Å². The van der Waals surface area contributed by atoms with E-state index < -0.39 is 5.92 Å². The molecule has 3 heteroatoms. The average Bonchev–Trinajstić information content (AvgIpc) is 2.62. The molecule has 0 radical (unpaired) electrons. The van der Waals surface area contributed by atoms with Crippen LogP contribution in [0.3, 0.4) is 0 Å². The summed E-state index contributed by atoms with van der Waals surface area (Å²) in [4.78, 5) is 22.4. The number of carbonyl (C=O) groups excluding carboxylic acids is 2. The van der Waals surface area contributed by atoms with Gasteiger partial charge in [-0.15, -0.1) is 0 Å². The Bertz CT molecular complexity index is 789. The molecular formula is C21H19NO2. The van der Waals surface area contributed by atoms with Crippen LogP contribution >= 0.6 is 0 Å². The second-order valence-corrected chi connectivity index (χ2v) is 6.04. The van der Waals surface area contributed by atoms with E-state index in [1.807, 2.05) is 56.2 Å². The lowest BCUT2D eigenvalue weighted by atomic mass is 9.87. The number of nitrogens with zero attached hydrogens (tertiary/aromatic N) is 1. The van der Waals surface area contributed by atoms with Crippen molar-refractivity contribution in [2.75, 3.05) is 0 Å². The van der Waals surface area contributed by atoms with Gasteiger partial charge in [0, 0.05) is 5.57 Å². The van der Waals surface area contributed by atoms with Crippen molar-refractivity contribution in [3.63, 3.8) is 0 Å². The van der Waals surface area contributed by atoms with E-state index in [4.69, 9.17) is 5.26 Å². The number of aldehydes is 1. The number of nitriles is 1. The molecule has 0 amide bonds. The third-order valence-corrected chi connectivity index (χ3v) is 4.06. The molecule has 120 valence electrons. The highest BCUT2D eigenvalue weighted by Crippen LogP contribution is 2.23. The first kappa shape index (κ1) is 17.4. The quantitative estimate of drug-likeness (QED) is 0.598. The fourth-order valence-corrected chi connectivity index (χ4v) is 2.68. The molecular weight excluding hydrogens is 298 g/mol. The van der Waals surface area contributed by atoms with E-state index in [9.17, 15) is 9.59 Å². The third-order valence-electron chi connectivity index (χ3n) is 4.06. The lowest BCUT2D eigenvalue weighted by molar-refractivity contribution is -0.110. The summed E-state index contributed by atoms with van der Waals surface area (Å²) in [7, 11) is 0. The zero-order valence-corrected chi connectivity index (χ0v) is 13.8. The number of benzene rings is 2. The summed E-state index contributed by atoms with van der Waals surface area (Å²) in [5.74, 6) is 1.51. The van der Waals surface area contributed by atoms with E-state index in [0.717, 1.165) is 23.0 Å². The summed E-state index contributed by atoms with van der Waals surface area (Å²) < 4.78 is 0. The second kappa shape index (κ2) is 8.06. The minimum absolute atomic E-state index is 0.00984. The van der Waals surface area contributed by atoms with E-state index in [-0.39, 0.29) is 5.92 Å². The Morgan fingerprint density at radius 2 is 1.58 bits per heavy atom. The number of hydrogen-bond acceptors (Lipinski definition) is 3. The maximum Gasteiger partial charge on any atom is 0.128 e. The first-order chi connectivity index (χ1) is 11.6. The van der Waals surface area contributed by atoms with Gasteiger partial charge in [-0.05, 0) is 41.2 Å². The molecule has 24 heavy (non-hydrogen) atoms. The monoisotopic (exact) mass is 317 g/mol. The second-order valence-electron chi connectivity index (χ2n) is 6.04. The molecule has 2 aromatic rings. The van der Waals surface area contributed by atoms with Gasteiger partial charge in [-0.1, -0.05) is 50.2 Å². The van der Waals surface area contributed by atoms with E-state index in [1.165, 1.54) is 0 Å². The largest absolute Gasteiger partial charge is 0.303 e. The maximum atomic E-state index is 11.3. The van der Waals surface area contributed by atoms with Gasteiger partial charge in [0.1, 0.15) is 12.2 Å². The van der Waals surface area contributed by atoms with Crippen LogP contribution < -0.4 is 0 Å². The van der Waals surface area contributed by atoms with Gasteiger partial charge in [-0.25, -0.2) is 4.79 Å². The third kappa shape index (κ3) is 4.07. The van der Waals surface area contributed by atoms with Gasteiger partial charge in [0.15, 0.2) is 0 Å². The molecule has 0 aliphatic heterocycles. The highest BCUT2D eigenvalue weighted by Gasteiger charge is 2.18. The fourth-order valence-electron chi connectivity index (χ4n) is 2.68. The van der Waals surface area contributed by atoms with Crippen LogP contribution in [0.5, 0.6) is 0 Å². The van der Waals surface area contributed by atoms with Crippen LogP contribution in [0.4, 0.5) is 0 Å². The lowest BCUT2D eigenvalue weighted by Crippen LogP contribution is -2.14. The fraction of sp³-hybridized carbons (Fsp3) is 0.238. The Labute approximate surface area is 142 Å². The number of carbonyl (C=O) groups is 1. The summed E-state index contributed by atoms with van der Waals surface area (Å²) in [6.07, 6.45) is 1.33.